The zero-order chi connectivity index (χ0) is 15.5. The van der Waals surface area contributed by atoms with Gasteiger partial charge < -0.3 is 10.2 Å². The second kappa shape index (κ2) is 5.69. The Bertz CT molecular complexity index is 924. The zero-order valence-corrected chi connectivity index (χ0v) is 11.7. The molecule has 4 nitrogen and oxygen atoms in total. The van der Waals surface area contributed by atoms with E-state index in [1.807, 2.05) is 30.3 Å². The number of nitrogens with two attached hydrogens (primary N) is 1. The number of nitrogen functional groups attached to an aromatic ring is 1. The van der Waals surface area contributed by atoms with Crippen molar-refractivity contribution in [3.8, 4) is 0 Å². The molecule has 0 spiro atoms. The Kier molecular flexibility index (Phi) is 3.58. The Morgan fingerprint density at radius 1 is 1.00 bits per heavy atom. The topological polar surface area (TPSA) is 73.3 Å². The van der Waals surface area contributed by atoms with Crippen molar-refractivity contribution in [1.29, 1.82) is 0 Å². The summed E-state index contributed by atoms with van der Waals surface area (Å²) >= 11 is 0. The van der Waals surface area contributed by atoms with Crippen molar-refractivity contribution < 1.29 is 9.21 Å². The maximum Gasteiger partial charge on any atom is 0.349 e. The quantitative estimate of drug-likeness (QED) is 0.456. The van der Waals surface area contributed by atoms with Gasteiger partial charge in [0.1, 0.15) is 11.1 Å². The molecule has 0 amide bonds. The predicted octanol–water partition coefficient (Wildman–Crippen LogP) is 3.27. The summed E-state index contributed by atoms with van der Waals surface area (Å²) in [5.41, 5.74) is 6.50. The van der Waals surface area contributed by atoms with Gasteiger partial charge in [-0.15, -0.1) is 0 Å². The summed E-state index contributed by atoms with van der Waals surface area (Å²) in [5, 5.41) is 0.554. The predicted molar refractivity (Wildman–Crippen MR) is 86.7 cm³/mol. The molecule has 2 N–H and O–H groups in total. The van der Waals surface area contributed by atoms with Crippen LogP contribution in [0.4, 0.5) is 5.69 Å². The molecule has 0 saturated heterocycles. The van der Waals surface area contributed by atoms with Gasteiger partial charge in [0.05, 0.1) is 5.69 Å². The number of hydrogen-bond donors (Lipinski definition) is 1. The fourth-order valence-corrected chi connectivity index (χ4v) is 2.23. The van der Waals surface area contributed by atoms with Crippen LogP contribution in [0.2, 0.25) is 0 Å². The Labute approximate surface area is 126 Å². The minimum Gasteiger partial charge on any atom is -0.422 e. The van der Waals surface area contributed by atoms with Crippen molar-refractivity contribution in [3.63, 3.8) is 0 Å². The van der Waals surface area contributed by atoms with E-state index in [0.717, 1.165) is 5.56 Å². The molecular formula is C18H13NO3. The van der Waals surface area contributed by atoms with E-state index in [4.69, 9.17) is 10.2 Å². The molecular weight excluding hydrogens is 278 g/mol. The third-order valence-corrected chi connectivity index (χ3v) is 3.33. The first kappa shape index (κ1) is 13.8. The molecule has 4 heteroatoms. The number of carbonyl (C=O) groups excluding carboxylic acids is 1. The van der Waals surface area contributed by atoms with Crippen LogP contribution in [0.5, 0.6) is 0 Å². The molecule has 0 bridgehead atoms. The van der Waals surface area contributed by atoms with Gasteiger partial charge in [-0.2, -0.15) is 0 Å². The zero-order valence-electron chi connectivity index (χ0n) is 11.7. The highest BCUT2D eigenvalue weighted by atomic mass is 16.4. The van der Waals surface area contributed by atoms with Gasteiger partial charge in [-0.25, -0.2) is 4.79 Å². The van der Waals surface area contributed by atoms with Crippen LogP contribution in [0.3, 0.4) is 0 Å². The number of rotatable bonds is 3. The fourth-order valence-electron chi connectivity index (χ4n) is 2.23. The standard InChI is InChI=1S/C18H13NO3/c19-17-13-8-4-5-9-15(13)22-18(21)16(17)14(20)11-10-12-6-2-1-3-7-12/h1-11H,19H2. The van der Waals surface area contributed by atoms with Crippen LogP contribution in [-0.2, 0) is 0 Å². The van der Waals surface area contributed by atoms with E-state index in [0.29, 0.717) is 11.0 Å². The molecule has 3 rings (SSSR count). The lowest BCUT2D eigenvalue weighted by molar-refractivity contribution is 0.104. The molecule has 2 aromatic carbocycles. The Morgan fingerprint density at radius 3 is 2.45 bits per heavy atom. The van der Waals surface area contributed by atoms with Gasteiger partial charge in [-0.1, -0.05) is 48.5 Å². The molecule has 0 unspecified atom stereocenters. The normalized spacial score (nSPS) is 11.1. The van der Waals surface area contributed by atoms with E-state index in [1.54, 1.807) is 30.3 Å². The SMILES string of the molecule is Nc1c(C(=O)C=Cc2ccccc2)c(=O)oc2ccccc12. The highest BCUT2D eigenvalue weighted by Gasteiger charge is 2.16. The smallest absolute Gasteiger partial charge is 0.349 e. The van der Waals surface area contributed by atoms with E-state index < -0.39 is 11.4 Å². The number of hydrogen-bond acceptors (Lipinski definition) is 4. The van der Waals surface area contributed by atoms with Crippen molar-refractivity contribution in [2.75, 3.05) is 5.73 Å². The monoisotopic (exact) mass is 291 g/mol. The van der Waals surface area contributed by atoms with Crippen molar-refractivity contribution in [2.45, 2.75) is 0 Å². The van der Waals surface area contributed by atoms with E-state index >= 15 is 0 Å². The van der Waals surface area contributed by atoms with E-state index in [-0.39, 0.29) is 11.3 Å². The average molecular weight is 291 g/mol. The molecule has 3 aromatic rings. The van der Waals surface area contributed by atoms with Gasteiger partial charge >= 0.3 is 5.63 Å². The summed E-state index contributed by atoms with van der Waals surface area (Å²) in [6.45, 7) is 0. The maximum atomic E-state index is 12.3. The number of ketones is 1. The fraction of sp³-hybridized carbons (Fsp3) is 0. The summed E-state index contributed by atoms with van der Waals surface area (Å²) in [5.74, 6) is -0.471. The number of fused-ring (bicyclic) bond motifs is 1. The van der Waals surface area contributed by atoms with Gasteiger partial charge in [0.15, 0.2) is 5.78 Å². The van der Waals surface area contributed by atoms with Crippen LogP contribution in [0, 0.1) is 0 Å². The molecule has 108 valence electrons. The molecule has 0 fully saturated rings. The number of benzene rings is 2. The van der Waals surface area contributed by atoms with Crippen molar-refractivity contribution >= 4 is 28.5 Å². The lowest BCUT2D eigenvalue weighted by atomic mass is 10.1. The van der Waals surface area contributed by atoms with Crippen LogP contribution in [0.15, 0.2) is 69.9 Å². The highest BCUT2D eigenvalue weighted by Crippen LogP contribution is 2.22. The number of allylic oxidation sites excluding steroid dienone is 1. The summed E-state index contributed by atoms with van der Waals surface area (Å²) < 4.78 is 5.16. The van der Waals surface area contributed by atoms with Gasteiger partial charge in [0.2, 0.25) is 0 Å². The second-order valence-electron chi connectivity index (χ2n) is 4.78. The first-order valence-electron chi connectivity index (χ1n) is 6.75. The maximum absolute atomic E-state index is 12.3. The summed E-state index contributed by atoms with van der Waals surface area (Å²) in [6.07, 6.45) is 2.96. The second-order valence-corrected chi connectivity index (χ2v) is 4.78. The first-order chi connectivity index (χ1) is 10.7. The largest absolute Gasteiger partial charge is 0.422 e. The lowest BCUT2D eigenvalue weighted by Gasteiger charge is -2.04. The van der Waals surface area contributed by atoms with Crippen LogP contribution in [-0.4, -0.2) is 5.78 Å². The Morgan fingerprint density at radius 2 is 1.68 bits per heavy atom. The number of anilines is 1. The van der Waals surface area contributed by atoms with E-state index in [1.165, 1.54) is 6.08 Å². The molecule has 0 aliphatic carbocycles. The third kappa shape index (κ3) is 2.54. The lowest BCUT2D eigenvalue weighted by Crippen LogP contribution is -2.15. The van der Waals surface area contributed by atoms with Gasteiger partial charge in [-0.05, 0) is 23.8 Å². The summed E-state index contributed by atoms with van der Waals surface area (Å²) in [4.78, 5) is 24.3. The van der Waals surface area contributed by atoms with Crippen molar-refractivity contribution in [2.24, 2.45) is 0 Å². The van der Waals surface area contributed by atoms with Crippen LogP contribution < -0.4 is 11.4 Å². The summed E-state index contributed by atoms with van der Waals surface area (Å²) in [6, 6.07) is 16.2. The van der Waals surface area contributed by atoms with Crippen LogP contribution in [0.1, 0.15) is 15.9 Å². The number of carbonyl (C=O) groups is 1. The Balaban J connectivity index is 2.05. The number of para-hydroxylation sites is 1. The molecule has 1 heterocycles. The molecule has 0 saturated carbocycles. The Hall–Kier alpha value is -3.14. The minimum absolute atomic E-state index is 0.133. The van der Waals surface area contributed by atoms with Crippen LogP contribution >= 0.6 is 0 Å². The first-order valence-corrected chi connectivity index (χ1v) is 6.75. The van der Waals surface area contributed by atoms with E-state index in [9.17, 15) is 9.59 Å². The summed E-state index contributed by atoms with van der Waals surface area (Å²) in [7, 11) is 0. The molecule has 0 atom stereocenters. The van der Waals surface area contributed by atoms with E-state index in [2.05, 4.69) is 0 Å². The minimum atomic E-state index is -0.723. The molecule has 0 aliphatic rings. The van der Waals surface area contributed by atoms with Crippen molar-refractivity contribution in [1.82, 2.24) is 0 Å². The molecule has 0 aliphatic heterocycles. The molecule has 22 heavy (non-hydrogen) atoms. The van der Waals surface area contributed by atoms with Gasteiger partial charge in [-0.3, -0.25) is 4.79 Å². The van der Waals surface area contributed by atoms with Gasteiger partial charge in [0, 0.05) is 5.39 Å². The van der Waals surface area contributed by atoms with Crippen molar-refractivity contribution in [3.05, 3.63) is 82.2 Å². The highest BCUT2D eigenvalue weighted by molar-refractivity contribution is 6.13. The average Bonchev–Trinajstić information content (AvgIpc) is 2.54. The molecule has 1 aromatic heterocycles. The van der Waals surface area contributed by atoms with Crippen LogP contribution in [0.25, 0.3) is 17.0 Å². The molecule has 0 radical (unpaired) electrons. The van der Waals surface area contributed by atoms with Gasteiger partial charge in [0.25, 0.3) is 0 Å². The third-order valence-electron chi connectivity index (χ3n) is 3.33.